The highest BCUT2D eigenvalue weighted by molar-refractivity contribution is 8.18. The van der Waals surface area contributed by atoms with Gasteiger partial charge in [0.15, 0.2) is 5.17 Å². The van der Waals surface area contributed by atoms with Crippen LogP contribution < -0.4 is 9.64 Å². The number of carbonyl (C=O) groups excluding carboxylic acids is 1. The second kappa shape index (κ2) is 10.8. The fourth-order valence-corrected chi connectivity index (χ4v) is 6.99. The number of para-hydroxylation sites is 1. The number of benzene rings is 3. The number of nitrogens with one attached hydrogen (secondary N) is 1. The molecule has 1 amide bonds. The number of rotatable bonds is 6. The normalized spacial score (nSPS) is 20.3. The molecule has 1 atom stereocenters. The van der Waals surface area contributed by atoms with Crippen LogP contribution in [0, 0.1) is 0 Å². The Hall–Kier alpha value is -3.97. The molecule has 1 fully saturated rings. The number of aliphatic imine (C=N–C) groups is 1. The molecule has 7 heteroatoms. The number of ether oxygens (including phenoxy) is 1. The first-order valence-corrected chi connectivity index (χ1v) is 14.9. The van der Waals surface area contributed by atoms with Crippen LogP contribution in [0.15, 0.2) is 82.8 Å². The quantitative estimate of drug-likeness (QED) is 0.243. The van der Waals surface area contributed by atoms with E-state index in [9.17, 15) is 4.79 Å². The molecule has 0 saturated carbocycles. The molecular formula is C34H36N4O2S. The SMILES string of the molecule is COc1ccc(N=C2S/C(=C/c3ccc4c(c3)C(C)CC(C)(C)N4C)C(=O)N2CCc2c[nH]c3ccccc23)cc1. The molecule has 210 valence electrons. The third-order valence-corrected chi connectivity index (χ3v) is 9.43. The predicted octanol–water partition coefficient (Wildman–Crippen LogP) is 7.75. The van der Waals surface area contributed by atoms with Gasteiger partial charge in [0.1, 0.15) is 5.75 Å². The minimum atomic E-state index is -0.00822. The van der Waals surface area contributed by atoms with Gasteiger partial charge in [0.2, 0.25) is 0 Å². The summed E-state index contributed by atoms with van der Waals surface area (Å²) in [5.41, 5.74) is 6.84. The smallest absolute Gasteiger partial charge is 0.266 e. The molecule has 0 spiro atoms. The van der Waals surface area contributed by atoms with Gasteiger partial charge in [-0.05, 0) is 110 Å². The van der Waals surface area contributed by atoms with Gasteiger partial charge in [-0.1, -0.05) is 31.2 Å². The monoisotopic (exact) mass is 564 g/mol. The Balaban J connectivity index is 1.32. The molecule has 1 aromatic heterocycles. The van der Waals surface area contributed by atoms with Gasteiger partial charge in [-0.3, -0.25) is 9.69 Å². The van der Waals surface area contributed by atoms with Crippen LogP contribution in [0.5, 0.6) is 5.75 Å². The number of aromatic nitrogens is 1. The van der Waals surface area contributed by atoms with Crippen molar-refractivity contribution in [2.45, 2.75) is 45.1 Å². The Morgan fingerprint density at radius 1 is 1.12 bits per heavy atom. The topological polar surface area (TPSA) is 60.9 Å². The van der Waals surface area contributed by atoms with Gasteiger partial charge < -0.3 is 14.6 Å². The number of carbonyl (C=O) groups is 1. The van der Waals surface area contributed by atoms with E-state index < -0.39 is 0 Å². The molecule has 41 heavy (non-hydrogen) atoms. The Morgan fingerprint density at radius 3 is 2.68 bits per heavy atom. The first-order valence-electron chi connectivity index (χ1n) is 14.1. The van der Waals surface area contributed by atoms with Crippen LogP contribution >= 0.6 is 11.8 Å². The molecule has 1 saturated heterocycles. The summed E-state index contributed by atoms with van der Waals surface area (Å²) in [6.07, 6.45) is 5.88. The van der Waals surface area contributed by atoms with Crippen molar-refractivity contribution in [3.8, 4) is 5.75 Å². The lowest BCUT2D eigenvalue weighted by Crippen LogP contribution is -2.45. The lowest BCUT2D eigenvalue weighted by Gasteiger charge is -2.45. The van der Waals surface area contributed by atoms with Gasteiger partial charge in [-0.15, -0.1) is 0 Å². The maximum atomic E-state index is 13.8. The summed E-state index contributed by atoms with van der Waals surface area (Å²) in [6, 6.07) is 22.5. The number of aromatic amines is 1. The van der Waals surface area contributed by atoms with E-state index in [0.29, 0.717) is 22.5 Å². The van der Waals surface area contributed by atoms with Crippen molar-refractivity contribution in [3.63, 3.8) is 0 Å². The van der Waals surface area contributed by atoms with Crippen molar-refractivity contribution in [1.82, 2.24) is 9.88 Å². The number of amides is 1. The summed E-state index contributed by atoms with van der Waals surface area (Å²) < 4.78 is 5.31. The second-order valence-corrected chi connectivity index (χ2v) is 12.6. The van der Waals surface area contributed by atoms with Crippen molar-refractivity contribution >= 4 is 51.2 Å². The van der Waals surface area contributed by atoms with E-state index >= 15 is 0 Å². The number of thioether (sulfide) groups is 1. The minimum absolute atomic E-state index is 0.00822. The van der Waals surface area contributed by atoms with Crippen LogP contribution in [-0.2, 0) is 11.2 Å². The number of methoxy groups -OCH3 is 1. The Labute approximate surface area is 246 Å². The largest absolute Gasteiger partial charge is 0.497 e. The first kappa shape index (κ1) is 27.2. The third kappa shape index (κ3) is 5.26. The van der Waals surface area contributed by atoms with E-state index in [0.717, 1.165) is 35.4 Å². The zero-order chi connectivity index (χ0) is 28.7. The number of anilines is 1. The van der Waals surface area contributed by atoms with Crippen LogP contribution in [-0.4, -0.2) is 47.2 Å². The van der Waals surface area contributed by atoms with Crippen molar-refractivity contribution < 1.29 is 9.53 Å². The zero-order valence-electron chi connectivity index (χ0n) is 24.3. The zero-order valence-corrected chi connectivity index (χ0v) is 25.1. The number of hydrogen-bond acceptors (Lipinski definition) is 5. The fourth-order valence-electron chi connectivity index (χ4n) is 5.96. The lowest BCUT2D eigenvalue weighted by molar-refractivity contribution is -0.122. The maximum absolute atomic E-state index is 13.8. The summed E-state index contributed by atoms with van der Waals surface area (Å²) in [5.74, 6) is 1.21. The number of H-pyrrole nitrogens is 1. The molecule has 6 nitrogen and oxygen atoms in total. The van der Waals surface area contributed by atoms with Gasteiger partial charge in [0.25, 0.3) is 5.91 Å². The molecule has 3 heterocycles. The van der Waals surface area contributed by atoms with Gasteiger partial charge in [-0.2, -0.15) is 0 Å². The predicted molar refractivity (Wildman–Crippen MR) is 171 cm³/mol. The van der Waals surface area contributed by atoms with Gasteiger partial charge >= 0.3 is 0 Å². The average Bonchev–Trinajstić information content (AvgIpc) is 3.51. The van der Waals surface area contributed by atoms with E-state index in [2.05, 4.69) is 68.0 Å². The molecule has 1 N–H and O–H groups in total. The maximum Gasteiger partial charge on any atom is 0.266 e. The van der Waals surface area contributed by atoms with Crippen LogP contribution in [0.2, 0.25) is 0 Å². The average molecular weight is 565 g/mol. The third-order valence-electron chi connectivity index (χ3n) is 8.42. The number of amidine groups is 1. The summed E-state index contributed by atoms with van der Waals surface area (Å²) in [6.45, 7) is 7.43. The van der Waals surface area contributed by atoms with Crippen LogP contribution in [0.1, 0.15) is 49.8 Å². The number of fused-ring (bicyclic) bond motifs is 2. The van der Waals surface area contributed by atoms with Crippen molar-refractivity contribution in [2.75, 3.05) is 25.6 Å². The van der Waals surface area contributed by atoms with Crippen LogP contribution in [0.3, 0.4) is 0 Å². The summed E-state index contributed by atoms with van der Waals surface area (Å²) in [4.78, 5) is 27.0. The molecule has 3 aromatic carbocycles. The van der Waals surface area contributed by atoms with Crippen molar-refractivity contribution in [1.29, 1.82) is 0 Å². The molecule has 4 aromatic rings. The van der Waals surface area contributed by atoms with Gasteiger partial charge in [0.05, 0.1) is 17.7 Å². The van der Waals surface area contributed by atoms with Gasteiger partial charge in [0, 0.05) is 41.9 Å². The number of nitrogens with zero attached hydrogens (tertiary/aromatic N) is 3. The fraction of sp³-hybridized carbons (Fsp3) is 0.294. The molecule has 2 aliphatic rings. The highest BCUT2D eigenvalue weighted by atomic mass is 32.2. The van der Waals surface area contributed by atoms with E-state index in [4.69, 9.17) is 9.73 Å². The molecule has 0 bridgehead atoms. The molecular weight excluding hydrogens is 528 g/mol. The molecule has 0 radical (unpaired) electrons. The van der Waals surface area contributed by atoms with Crippen LogP contribution in [0.25, 0.3) is 17.0 Å². The minimum Gasteiger partial charge on any atom is -0.497 e. The first-order chi connectivity index (χ1) is 19.7. The second-order valence-electron chi connectivity index (χ2n) is 11.6. The Kier molecular flexibility index (Phi) is 7.16. The number of hydrogen-bond donors (Lipinski definition) is 1. The van der Waals surface area contributed by atoms with Crippen molar-refractivity contribution in [3.05, 3.63) is 94.5 Å². The highest BCUT2D eigenvalue weighted by Gasteiger charge is 2.35. The summed E-state index contributed by atoms with van der Waals surface area (Å²) in [7, 11) is 3.82. The van der Waals surface area contributed by atoms with E-state index in [1.54, 1.807) is 7.11 Å². The van der Waals surface area contributed by atoms with Gasteiger partial charge in [-0.25, -0.2) is 4.99 Å². The Morgan fingerprint density at radius 2 is 1.90 bits per heavy atom. The molecule has 0 aliphatic carbocycles. The van der Waals surface area contributed by atoms with E-state index in [1.807, 2.05) is 53.6 Å². The lowest BCUT2D eigenvalue weighted by atomic mass is 9.80. The molecule has 1 unspecified atom stereocenters. The highest BCUT2D eigenvalue weighted by Crippen LogP contribution is 2.43. The standard InChI is InChI=1S/C34H36N4O2S/c1-22-20-34(2,3)37(4)30-15-10-23(18-28(22)30)19-31-32(39)38(17-16-24-21-35-29-9-7-6-8-27(24)29)33(41-31)36-25-11-13-26(40-5)14-12-25/h6-15,18-19,21-22,35H,16-17,20H2,1-5H3/b31-19+,36-33?. The molecule has 2 aliphatic heterocycles. The van der Waals surface area contributed by atoms with E-state index in [1.165, 1.54) is 34.0 Å². The van der Waals surface area contributed by atoms with Crippen molar-refractivity contribution in [2.24, 2.45) is 4.99 Å². The Bertz CT molecular complexity index is 1670. The summed E-state index contributed by atoms with van der Waals surface area (Å²) >= 11 is 1.44. The summed E-state index contributed by atoms with van der Waals surface area (Å²) in [5, 5.41) is 1.88. The molecule has 6 rings (SSSR count). The van der Waals surface area contributed by atoms with E-state index in [-0.39, 0.29) is 11.4 Å². The van der Waals surface area contributed by atoms with Crippen LogP contribution in [0.4, 0.5) is 11.4 Å².